The van der Waals surface area contributed by atoms with Crippen molar-refractivity contribution in [1.29, 1.82) is 0 Å². The number of methoxy groups -OCH3 is 2. The van der Waals surface area contributed by atoms with E-state index in [-0.39, 0.29) is 11.2 Å². The molecule has 0 saturated heterocycles. The molecule has 0 spiro atoms. The largest absolute Gasteiger partial charge is 0.493 e. The molecule has 1 atom stereocenters. The topological polar surface area (TPSA) is 38.8 Å². The van der Waals surface area contributed by atoms with E-state index in [9.17, 15) is 4.79 Å². The molecule has 1 unspecified atom stereocenters. The van der Waals surface area contributed by atoms with Gasteiger partial charge in [-0.05, 0) is 54.3 Å². The van der Waals surface area contributed by atoms with Gasteiger partial charge in [-0.15, -0.1) is 11.8 Å². The summed E-state index contributed by atoms with van der Waals surface area (Å²) in [6.07, 6.45) is 0.832. The van der Waals surface area contributed by atoms with Gasteiger partial charge in [0.15, 0.2) is 11.5 Å². The van der Waals surface area contributed by atoms with Crippen LogP contribution in [0.25, 0.3) is 0 Å². The molecule has 0 aromatic heterocycles. The molecule has 0 aliphatic carbocycles. The summed E-state index contributed by atoms with van der Waals surface area (Å²) in [5.74, 6) is 2.08. The number of hydrogen-bond donors (Lipinski definition) is 0. The highest BCUT2D eigenvalue weighted by Gasteiger charge is 2.23. The van der Waals surface area contributed by atoms with Crippen molar-refractivity contribution in [3.05, 3.63) is 58.1 Å². The van der Waals surface area contributed by atoms with Crippen LogP contribution in [0.1, 0.15) is 28.9 Å². The van der Waals surface area contributed by atoms with E-state index in [1.807, 2.05) is 41.3 Å². The summed E-state index contributed by atoms with van der Waals surface area (Å²) in [6.45, 7) is 3.46. The first-order valence-corrected chi connectivity index (χ1v) is 10.3. The zero-order valence-corrected chi connectivity index (χ0v) is 17.4. The molecule has 144 valence electrons. The molecule has 2 aromatic rings. The van der Waals surface area contributed by atoms with E-state index in [0.717, 1.165) is 29.3 Å². The minimum atomic E-state index is 0.168. The molecule has 1 aliphatic heterocycles. The number of carbonyl (C=O) groups excluding carboxylic acids is 1. The lowest BCUT2D eigenvalue weighted by molar-refractivity contribution is -0.129. The number of nitrogens with zero attached hydrogens (tertiary/aromatic N) is 1. The second-order valence-electron chi connectivity index (χ2n) is 6.55. The predicted molar refractivity (Wildman–Crippen MR) is 111 cm³/mol. The van der Waals surface area contributed by atoms with Gasteiger partial charge >= 0.3 is 0 Å². The molecular weight excluding hydrogens is 382 g/mol. The van der Waals surface area contributed by atoms with Gasteiger partial charge in [-0.2, -0.15) is 0 Å². The van der Waals surface area contributed by atoms with Gasteiger partial charge in [0.05, 0.1) is 20.0 Å². The Hall–Kier alpha value is -1.85. The molecule has 1 aliphatic rings. The van der Waals surface area contributed by atoms with Gasteiger partial charge in [-0.3, -0.25) is 4.79 Å². The molecule has 0 bridgehead atoms. The molecule has 6 heteroatoms. The normalized spacial score (nSPS) is 14.4. The number of hydrogen-bond acceptors (Lipinski definition) is 4. The molecule has 4 nitrogen and oxygen atoms in total. The van der Waals surface area contributed by atoms with E-state index in [0.29, 0.717) is 18.0 Å². The molecular formula is C21H24ClNO3S. The van der Waals surface area contributed by atoms with Crippen LogP contribution >= 0.6 is 23.4 Å². The van der Waals surface area contributed by atoms with Gasteiger partial charge in [0.1, 0.15) is 0 Å². The van der Waals surface area contributed by atoms with Gasteiger partial charge in [0, 0.05) is 23.4 Å². The molecule has 27 heavy (non-hydrogen) atoms. The third kappa shape index (κ3) is 4.71. The zero-order valence-electron chi connectivity index (χ0n) is 15.8. The van der Waals surface area contributed by atoms with Gasteiger partial charge in [0.2, 0.25) is 5.91 Å². The molecule has 0 radical (unpaired) electrons. The number of halogens is 1. The van der Waals surface area contributed by atoms with Gasteiger partial charge < -0.3 is 14.4 Å². The van der Waals surface area contributed by atoms with Crippen LogP contribution in [0.2, 0.25) is 5.02 Å². The lowest BCUT2D eigenvalue weighted by Gasteiger charge is -2.30. The van der Waals surface area contributed by atoms with Crippen LogP contribution in [0.3, 0.4) is 0 Å². The van der Waals surface area contributed by atoms with Crippen molar-refractivity contribution in [1.82, 2.24) is 4.90 Å². The summed E-state index contributed by atoms with van der Waals surface area (Å²) in [7, 11) is 3.27. The van der Waals surface area contributed by atoms with Crippen LogP contribution in [-0.2, 0) is 17.8 Å². The summed E-state index contributed by atoms with van der Waals surface area (Å²) in [5.41, 5.74) is 3.53. The number of fused-ring (bicyclic) bond motifs is 1. The van der Waals surface area contributed by atoms with Crippen LogP contribution < -0.4 is 9.47 Å². The van der Waals surface area contributed by atoms with Crippen LogP contribution in [-0.4, -0.2) is 37.3 Å². The number of thioether (sulfide) groups is 1. The van der Waals surface area contributed by atoms with E-state index in [2.05, 4.69) is 6.92 Å². The quantitative estimate of drug-likeness (QED) is 0.696. The fourth-order valence-corrected chi connectivity index (χ4v) is 4.26. The van der Waals surface area contributed by atoms with Crippen LogP contribution in [0.5, 0.6) is 11.5 Å². The maximum absolute atomic E-state index is 12.7. The summed E-state index contributed by atoms with van der Waals surface area (Å²) in [5, 5.41) is 0.971. The number of carbonyl (C=O) groups is 1. The highest BCUT2D eigenvalue weighted by molar-refractivity contribution is 8.00. The first-order valence-electron chi connectivity index (χ1n) is 8.90. The maximum atomic E-state index is 12.7. The first-order chi connectivity index (χ1) is 13.0. The molecule has 0 saturated carbocycles. The summed E-state index contributed by atoms with van der Waals surface area (Å²) in [4.78, 5) is 14.6. The monoisotopic (exact) mass is 405 g/mol. The Labute approximate surface area is 169 Å². The fourth-order valence-electron chi connectivity index (χ4n) is 3.21. The Bertz CT molecular complexity index is 810. The van der Waals surface area contributed by atoms with E-state index in [1.54, 1.807) is 26.0 Å². The van der Waals surface area contributed by atoms with E-state index in [4.69, 9.17) is 21.1 Å². The standard InChI is InChI=1S/C21H24ClNO3S/c1-14(15-4-6-18(22)7-5-15)27-13-21(24)23-9-8-16-10-19(25-2)20(26-3)11-17(16)12-23/h4-7,10-11,14H,8-9,12-13H2,1-3H3. The zero-order chi connectivity index (χ0) is 19.4. The van der Waals surface area contributed by atoms with Gasteiger partial charge in [0.25, 0.3) is 0 Å². The fraction of sp³-hybridized carbons (Fsp3) is 0.381. The predicted octanol–water partition coefficient (Wildman–Crippen LogP) is 4.74. The Kier molecular flexibility index (Phi) is 6.55. The lowest BCUT2D eigenvalue weighted by Crippen LogP contribution is -2.37. The number of benzene rings is 2. The Balaban J connectivity index is 1.61. The molecule has 2 aromatic carbocycles. The molecule has 0 N–H and O–H groups in total. The third-order valence-electron chi connectivity index (χ3n) is 4.87. The molecule has 3 rings (SSSR count). The first kappa shape index (κ1) is 19.9. The minimum absolute atomic E-state index is 0.168. The summed E-state index contributed by atoms with van der Waals surface area (Å²) in [6, 6.07) is 11.8. The van der Waals surface area contributed by atoms with Gasteiger partial charge in [-0.1, -0.05) is 23.7 Å². The van der Waals surface area contributed by atoms with E-state index >= 15 is 0 Å². The van der Waals surface area contributed by atoms with Crippen LogP contribution in [0, 0.1) is 0 Å². The second-order valence-corrected chi connectivity index (χ2v) is 8.31. The Morgan fingerprint density at radius 3 is 2.41 bits per heavy atom. The van der Waals surface area contributed by atoms with Crippen molar-refractivity contribution in [2.45, 2.75) is 25.1 Å². The lowest BCUT2D eigenvalue weighted by atomic mass is 9.99. The van der Waals surface area contributed by atoms with Crippen molar-refractivity contribution >= 4 is 29.3 Å². The minimum Gasteiger partial charge on any atom is -0.493 e. The summed E-state index contributed by atoms with van der Waals surface area (Å²) < 4.78 is 10.8. The van der Waals surface area contributed by atoms with Crippen molar-refractivity contribution in [3.8, 4) is 11.5 Å². The third-order valence-corrected chi connectivity index (χ3v) is 6.30. The average molecular weight is 406 g/mol. The number of ether oxygens (including phenoxy) is 2. The smallest absolute Gasteiger partial charge is 0.232 e. The molecule has 1 heterocycles. The SMILES string of the molecule is COc1cc2c(cc1OC)CN(C(=O)CSC(C)c1ccc(Cl)cc1)CC2. The van der Waals surface area contributed by atoms with Gasteiger partial charge in [-0.25, -0.2) is 0 Å². The van der Waals surface area contributed by atoms with E-state index in [1.165, 1.54) is 11.1 Å². The van der Waals surface area contributed by atoms with E-state index < -0.39 is 0 Å². The molecule has 0 fully saturated rings. The maximum Gasteiger partial charge on any atom is 0.232 e. The van der Waals surface area contributed by atoms with Crippen molar-refractivity contribution in [3.63, 3.8) is 0 Å². The molecule has 1 amide bonds. The number of amides is 1. The van der Waals surface area contributed by atoms with Crippen molar-refractivity contribution in [2.75, 3.05) is 26.5 Å². The Morgan fingerprint density at radius 1 is 1.15 bits per heavy atom. The van der Waals surface area contributed by atoms with Crippen LogP contribution in [0.15, 0.2) is 36.4 Å². The highest BCUT2D eigenvalue weighted by Crippen LogP contribution is 2.34. The second kappa shape index (κ2) is 8.89. The Morgan fingerprint density at radius 2 is 1.78 bits per heavy atom. The van der Waals surface area contributed by atoms with Crippen LogP contribution in [0.4, 0.5) is 0 Å². The summed E-state index contributed by atoms with van der Waals surface area (Å²) >= 11 is 7.60. The van der Waals surface area contributed by atoms with Crippen molar-refractivity contribution in [2.24, 2.45) is 0 Å². The average Bonchev–Trinajstić information content (AvgIpc) is 2.70. The highest BCUT2D eigenvalue weighted by atomic mass is 35.5. The van der Waals surface area contributed by atoms with Crippen molar-refractivity contribution < 1.29 is 14.3 Å². The number of rotatable bonds is 6.